The van der Waals surface area contributed by atoms with Crippen LogP contribution in [0.15, 0.2) is 0 Å². The summed E-state index contributed by atoms with van der Waals surface area (Å²) in [4.78, 5) is 9.85. The molecule has 1 N–H and O–H groups in total. The maximum atomic E-state index is 9.85. The molecule has 0 rings (SSSR count). The number of aliphatic carboxylic acids is 1. The fourth-order valence-electron chi connectivity index (χ4n) is 2.09. The van der Waals surface area contributed by atoms with Gasteiger partial charge in [0.05, 0.1) is 5.25 Å². The first kappa shape index (κ1) is 23.1. The van der Waals surface area contributed by atoms with Crippen LogP contribution in [0, 0.1) is 0 Å². The zero-order chi connectivity index (χ0) is 16.3. The molecule has 0 bridgehead atoms. The van der Waals surface area contributed by atoms with Gasteiger partial charge >= 0.3 is 5.97 Å². The molecule has 1 atom stereocenters. The Morgan fingerprint density at radius 2 is 1.05 bits per heavy atom. The lowest BCUT2D eigenvalue weighted by molar-refractivity contribution is -0.136. The fourth-order valence-corrected chi connectivity index (χ4v) is 2.09. The predicted molar refractivity (Wildman–Crippen MR) is 97.5 cm³/mol. The van der Waals surface area contributed by atoms with Gasteiger partial charge in [-0.2, -0.15) is 12.6 Å². The predicted octanol–water partition coefficient (Wildman–Crippen LogP) is 6.49. The van der Waals surface area contributed by atoms with Crippen LogP contribution in [-0.2, 0) is 4.79 Å². The van der Waals surface area contributed by atoms with Crippen LogP contribution >= 0.6 is 12.6 Å². The molecule has 0 aliphatic heterocycles. The normalized spacial score (nSPS) is 11.6. The molecule has 0 fully saturated rings. The first-order valence-corrected chi connectivity index (χ1v) is 9.52. The van der Waals surface area contributed by atoms with E-state index in [1.807, 2.05) is 0 Å². The molecule has 3 heteroatoms. The Hall–Kier alpha value is -0.180. The van der Waals surface area contributed by atoms with Crippen molar-refractivity contribution in [3.63, 3.8) is 0 Å². The van der Waals surface area contributed by atoms with Crippen LogP contribution in [0.3, 0.4) is 0 Å². The second-order valence-corrected chi connectivity index (χ2v) is 6.42. The summed E-state index contributed by atoms with van der Waals surface area (Å²) in [5.41, 5.74) is 0. The second-order valence-electron chi connectivity index (χ2n) is 5.80. The summed E-state index contributed by atoms with van der Waals surface area (Å²) in [6.07, 6.45) is 18.0. The molecule has 0 aliphatic carbocycles. The Balaban J connectivity index is 0. The highest BCUT2D eigenvalue weighted by Gasteiger charge is 2.06. The van der Waals surface area contributed by atoms with Crippen molar-refractivity contribution in [2.45, 2.75) is 109 Å². The molecule has 1 unspecified atom stereocenters. The Kier molecular flexibility index (Phi) is 21.8. The molecule has 0 radical (unpaired) electrons. The molecule has 0 aromatic rings. The van der Waals surface area contributed by atoms with Gasteiger partial charge in [0.2, 0.25) is 0 Å². The topological polar surface area (TPSA) is 37.3 Å². The van der Waals surface area contributed by atoms with Gasteiger partial charge in [-0.1, -0.05) is 97.8 Å². The number of hydrogen-bond donors (Lipinski definition) is 2. The van der Waals surface area contributed by atoms with Crippen molar-refractivity contribution in [3.05, 3.63) is 0 Å². The van der Waals surface area contributed by atoms with Gasteiger partial charge in [-0.05, 0) is 6.42 Å². The minimum absolute atomic E-state index is 0.486. The van der Waals surface area contributed by atoms with Gasteiger partial charge < -0.3 is 5.11 Å². The van der Waals surface area contributed by atoms with E-state index >= 15 is 0 Å². The SMILES string of the molecule is CCC(S)C(=O)O.CCCCCCCCCCCCCC. The van der Waals surface area contributed by atoms with Gasteiger partial charge in [0.25, 0.3) is 0 Å². The Labute approximate surface area is 138 Å². The van der Waals surface area contributed by atoms with E-state index in [2.05, 4.69) is 26.5 Å². The van der Waals surface area contributed by atoms with Gasteiger partial charge in [-0.3, -0.25) is 4.79 Å². The van der Waals surface area contributed by atoms with E-state index in [0.29, 0.717) is 6.42 Å². The second kappa shape index (κ2) is 19.8. The van der Waals surface area contributed by atoms with Crippen LogP contribution in [-0.4, -0.2) is 16.3 Å². The van der Waals surface area contributed by atoms with Crippen LogP contribution in [0.4, 0.5) is 0 Å². The van der Waals surface area contributed by atoms with E-state index in [1.54, 1.807) is 6.92 Å². The van der Waals surface area contributed by atoms with Crippen molar-refractivity contribution in [3.8, 4) is 0 Å². The molecule has 0 saturated heterocycles. The van der Waals surface area contributed by atoms with Gasteiger partial charge in [-0.25, -0.2) is 0 Å². The summed E-state index contributed by atoms with van der Waals surface area (Å²) < 4.78 is 0. The molecule has 0 saturated carbocycles. The number of carboxylic acids is 1. The monoisotopic (exact) mass is 318 g/mol. The highest BCUT2D eigenvalue weighted by molar-refractivity contribution is 7.81. The number of hydrogen-bond acceptors (Lipinski definition) is 2. The number of carbonyl (C=O) groups is 1. The summed E-state index contributed by atoms with van der Waals surface area (Å²) in [6, 6.07) is 0. The molecular weight excluding hydrogens is 280 g/mol. The van der Waals surface area contributed by atoms with E-state index in [0.717, 1.165) is 0 Å². The lowest BCUT2D eigenvalue weighted by atomic mass is 10.1. The summed E-state index contributed by atoms with van der Waals surface area (Å²) in [7, 11) is 0. The largest absolute Gasteiger partial charge is 0.480 e. The van der Waals surface area contributed by atoms with Crippen molar-refractivity contribution in [2.75, 3.05) is 0 Å². The van der Waals surface area contributed by atoms with E-state index in [9.17, 15) is 4.79 Å². The van der Waals surface area contributed by atoms with Crippen LogP contribution in [0.2, 0.25) is 0 Å². The lowest BCUT2D eigenvalue weighted by Gasteiger charge is -2.01. The lowest BCUT2D eigenvalue weighted by Crippen LogP contribution is -2.10. The minimum atomic E-state index is -0.842. The fraction of sp³-hybridized carbons (Fsp3) is 0.944. The maximum Gasteiger partial charge on any atom is 0.316 e. The minimum Gasteiger partial charge on any atom is -0.480 e. The first-order chi connectivity index (χ1) is 10.1. The van der Waals surface area contributed by atoms with Crippen LogP contribution in [0.25, 0.3) is 0 Å². The van der Waals surface area contributed by atoms with Crippen molar-refractivity contribution in [1.29, 1.82) is 0 Å². The number of thiol groups is 1. The Morgan fingerprint density at radius 3 is 1.19 bits per heavy atom. The number of carboxylic acid groups (broad SMARTS) is 1. The zero-order valence-electron chi connectivity index (χ0n) is 14.6. The third kappa shape index (κ3) is 22.2. The summed E-state index contributed by atoms with van der Waals surface area (Å²) in [5.74, 6) is -0.842. The number of rotatable bonds is 13. The highest BCUT2D eigenvalue weighted by Crippen LogP contribution is 2.11. The molecule has 21 heavy (non-hydrogen) atoms. The maximum absolute atomic E-state index is 9.85. The molecule has 0 spiro atoms. The number of unbranched alkanes of at least 4 members (excludes halogenated alkanes) is 11. The first-order valence-electron chi connectivity index (χ1n) is 9.00. The molecular formula is C18H38O2S. The molecule has 2 nitrogen and oxygen atoms in total. The third-order valence-electron chi connectivity index (χ3n) is 3.63. The van der Waals surface area contributed by atoms with Crippen LogP contribution in [0.1, 0.15) is 104 Å². The summed E-state index contributed by atoms with van der Waals surface area (Å²) in [6.45, 7) is 6.35. The average Bonchev–Trinajstić information content (AvgIpc) is 2.49. The molecule has 0 aromatic heterocycles. The molecule has 0 heterocycles. The van der Waals surface area contributed by atoms with Gasteiger partial charge in [0.1, 0.15) is 0 Å². The summed E-state index contributed by atoms with van der Waals surface area (Å²) >= 11 is 3.73. The molecule has 0 amide bonds. The van der Waals surface area contributed by atoms with E-state index in [1.165, 1.54) is 77.0 Å². The van der Waals surface area contributed by atoms with Crippen molar-refractivity contribution < 1.29 is 9.90 Å². The summed E-state index contributed by atoms with van der Waals surface area (Å²) in [5, 5.41) is 7.62. The quantitative estimate of drug-likeness (QED) is 0.301. The third-order valence-corrected chi connectivity index (χ3v) is 4.21. The van der Waals surface area contributed by atoms with Gasteiger partial charge in [-0.15, -0.1) is 0 Å². The van der Waals surface area contributed by atoms with Crippen molar-refractivity contribution >= 4 is 18.6 Å². The molecule has 0 aromatic carbocycles. The zero-order valence-corrected chi connectivity index (χ0v) is 15.5. The molecule has 0 aliphatic rings. The van der Waals surface area contributed by atoms with E-state index in [-0.39, 0.29) is 0 Å². The van der Waals surface area contributed by atoms with Gasteiger partial charge in [0.15, 0.2) is 0 Å². The van der Waals surface area contributed by atoms with Crippen molar-refractivity contribution in [1.82, 2.24) is 0 Å². The van der Waals surface area contributed by atoms with E-state index < -0.39 is 11.2 Å². The van der Waals surface area contributed by atoms with Crippen LogP contribution in [0.5, 0.6) is 0 Å². The average molecular weight is 319 g/mol. The standard InChI is InChI=1S/C14H30.C4H8O2S/c1-3-5-7-9-11-13-14-12-10-8-6-4-2;1-2-3(7)4(5)6/h3-14H2,1-2H3;3,7H,2H2,1H3,(H,5,6). The van der Waals surface area contributed by atoms with Crippen LogP contribution < -0.4 is 0 Å². The van der Waals surface area contributed by atoms with Crippen molar-refractivity contribution in [2.24, 2.45) is 0 Å². The van der Waals surface area contributed by atoms with E-state index in [4.69, 9.17) is 5.11 Å². The molecule has 128 valence electrons. The highest BCUT2D eigenvalue weighted by atomic mass is 32.1. The smallest absolute Gasteiger partial charge is 0.316 e. The Morgan fingerprint density at radius 1 is 0.762 bits per heavy atom. The Bertz CT molecular complexity index is 195. The van der Waals surface area contributed by atoms with Gasteiger partial charge in [0, 0.05) is 0 Å².